The standard InChI is InChI=1S/C26H42O10S/c1-21-7-9-23(10-8-21)37(29,30)36-19-26(34-16-17-35-26)13-11-24(27)25(3,28)12-5-6-22(2)18-33-20-32-15-14-31-4/h7-10,22,28H,5-6,11-20H2,1-4H3. The predicted molar refractivity (Wildman–Crippen MR) is 135 cm³/mol. The minimum atomic E-state index is -4.02. The minimum Gasteiger partial charge on any atom is -0.382 e. The summed E-state index contributed by atoms with van der Waals surface area (Å²) in [6.07, 6.45) is 1.75. The molecule has 1 heterocycles. The van der Waals surface area contributed by atoms with Gasteiger partial charge < -0.3 is 28.8 Å². The highest BCUT2D eigenvalue weighted by atomic mass is 32.2. The first-order valence-electron chi connectivity index (χ1n) is 12.6. The van der Waals surface area contributed by atoms with Crippen molar-refractivity contribution in [1.29, 1.82) is 0 Å². The first-order chi connectivity index (χ1) is 17.5. The molecule has 0 bridgehead atoms. The van der Waals surface area contributed by atoms with Gasteiger partial charge in [-0.2, -0.15) is 8.42 Å². The first-order valence-corrected chi connectivity index (χ1v) is 14.0. The van der Waals surface area contributed by atoms with Crippen LogP contribution in [0.25, 0.3) is 0 Å². The Hall–Kier alpha value is -1.44. The Balaban J connectivity index is 1.77. The summed E-state index contributed by atoms with van der Waals surface area (Å²) in [5, 5.41) is 10.8. The fraction of sp³-hybridized carbons (Fsp3) is 0.731. The number of aliphatic hydroxyl groups is 1. The Labute approximate surface area is 220 Å². The van der Waals surface area contributed by atoms with Crippen LogP contribution in [0.2, 0.25) is 0 Å². The maximum atomic E-state index is 12.8. The molecule has 2 unspecified atom stereocenters. The number of ketones is 1. The van der Waals surface area contributed by atoms with E-state index in [9.17, 15) is 18.3 Å². The van der Waals surface area contributed by atoms with Crippen LogP contribution in [0.5, 0.6) is 0 Å². The van der Waals surface area contributed by atoms with Crippen LogP contribution in [0.3, 0.4) is 0 Å². The van der Waals surface area contributed by atoms with Gasteiger partial charge in [0, 0.05) is 20.0 Å². The molecule has 1 aromatic rings. The number of hydrogen-bond acceptors (Lipinski definition) is 10. The summed E-state index contributed by atoms with van der Waals surface area (Å²) >= 11 is 0. The summed E-state index contributed by atoms with van der Waals surface area (Å²) in [6.45, 7) is 7.24. The number of aryl methyl sites for hydroxylation is 1. The van der Waals surface area contributed by atoms with Gasteiger partial charge >= 0.3 is 0 Å². The molecular formula is C26H42O10S. The SMILES string of the molecule is COCCOCOCC(C)CCCC(C)(O)C(=O)CCC1(COS(=O)(=O)c2ccc(C)cc2)OCCO1. The Morgan fingerprint density at radius 2 is 1.84 bits per heavy atom. The second-order valence-corrected chi connectivity index (χ2v) is 11.3. The van der Waals surface area contributed by atoms with Gasteiger partial charge in [0.1, 0.15) is 19.0 Å². The third-order valence-electron chi connectivity index (χ3n) is 6.25. The lowest BCUT2D eigenvalue weighted by molar-refractivity contribution is -0.184. The molecule has 1 saturated heterocycles. The summed E-state index contributed by atoms with van der Waals surface area (Å²) in [5.74, 6) is -1.48. The van der Waals surface area contributed by atoms with E-state index in [0.29, 0.717) is 32.7 Å². The van der Waals surface area contributed by atoms with E-state index in [-0.39, 0.29) is 56.1 Å². The van der Waals surface area contributed by atoms with Crippen molar-refractivity contribution in [1.82, 2.24) is 0 Å². The Morgan fingerprint density at radius 3 is 2.49 bits per heavy atom. The summed E-state index contributed by atoms with van der Waals surface area (Å²) in [6, 6.07) is 6.31. The summed E-state index contributed by atoms with van der Waals surface area (Å²) in [5.41, 5.74) is -0.590. The van der Waals surface area contributed by atoms with E-state index in [4.69, 9.17) is 27.9 Å². The zero-order valence-corrected chi connectivity index (χ0v) is 23.2. The number of ether oxygens (including phenoxy) is 5. The molecule has 1 aliphatic heterocycles. The average Bonchev–Trinajstić information content (AvgIpc) is 3.33. The second kappa shape index (κ2) is 15.2. The zero-order valence-electron chi connectivity index (χ0n) is 22.4. The van der Waals surface area contributed by atoms with Crippen molar-refractivity contribution in [2.75, 3.05) is 53.5 Å². The van der Waals surface area contributed by atoms with Gasteiger partial charge in [-0.25, -0.2) is 0 Å². The fourth-order valence-electron chi connectivity index (χ4n) is 3.84. The van der Waals surface area contributed by atoms with Crippen LogP contribution >= 0.6 is 0 Å². The number of rotatable bonds is 19. The normalized spacial score (nSPS) is 18.0. The molecule has 10 nitrogen and oxygen atoms in total. The number of hydrogen-bond donors (Lipinski definition) is 1. The van der Waals surface area contributed by atoms with E-state index in [1.165, 1.54) is 19.1 Å². The number of Topliss-reactive ketones (excluding diaryl/α,β-unsaturated/α-hetero) is 1. The lowest BCUT2D eigenvalue weighted by atomic mass is 9.89. The molecule has 0 saturated carbocycles. The molecule has 11 heteroatoms. The van der Waals surface area contributed by atoms with Crippen LogP contribution in [0, 0.1) is 12.8 Å². The second-order valence-electron chi connectivity index (χ2n) is 9.72. The molecule has 2 atom stereocenters. The molecule has 0 aromatic heterocycles. The molecular weight excluding hydrogens is 504 g/mol. The van der Waals surface area contributed by atoms with Crippen LogP contribution in [0.15, 0.2) is 29.2 Å². The lowest BCUT2D eigenvalue weighted by Crippen LogP contribution is -2.41. The lowest BCUT2D eigenvalue weighted by Gasteiger charge is -2.28. The predicted octanol–water partition coefficient (Wildman–Crippen LogP) is 2.99. The van der Waals surface area contributed by atoms with Gasteiger partial charge in [0.25, 0.3) is 10.1 Å². The molecule has 212 valence electrons. The number of benzene rings is 1. The maximum absolute atomic E-state index is 12.8. The molecule has 0 amide bonds. The third kappa shape index (κ3) is 11.1. The van der Waals surface area contributed by atoms with Gasteiger partial charge in [0.15, 0.2) is 11.6 Å². The number of carbonyl (C=O) groups is 1. The van der Waals surface area contributed by atoms with E-state index < -0.39 is 21.5 Å². The van der Waals surface area contributed by atoms with E-state index in [1.54, 1.807) is 19.2 Å². The van der Waals surface area contributed by atoms with Crippen LogP contribution in [0.1, 0.15) is 51.5 Å². The fourth-order valence-corrected chi connectivity index (χ4v) is 4.78. The van der Waals surface area contributed by atoms with Crippen LogP contribution in [-0.2, 0) is 42.8 Å². The molecule has 0 spiro atoms. The van der Waals surface area contributed by atoms with E-state index >= 15 is 0 Å². The van der Waals surface area contributed by atoms with Crippen LogP contribution in [-0.4, -0.2) is 84.2 Å². The topological polar surface area (TPSA) is 127 Å². The number of methoxy groups -OCH3 is 1. The van der Waals surface area contributed by atoms with Crippen molar-refractivity contribution in [3.8, 4) is 0 Å². The van der Waals surface area contributed by atoms with Crippen LogP contribution < -0.4 is 0 Å². The van der Waals surface area contributed by atoms with Crippen molar-refractivity contribution in [3.05, 3.63) is 29.8 Å². The molecule has 2 rings (SSSR count). The quantitative estimate of drug-likeness (QED) is 0.157. The molecule has 37 heavy (non-hydrogen) atoms. The molecule has 0 aliphatic carbocycles. The van der Waals surface area contributed by atoms with Crippen molar-refractivity contribution in [2.24, 2.45) is 5.92 Å². The largest absolute Gasteiger partial charge is 0.382 e. The smallest absolute Gasteiger partial charge is 0.297 e. The zero-order chi connectivity index (χ0) is 27.4. The van der Waals surface area contributed by atoms with Crippen molar-refractivity contribution in [2.45, 2.75) is 69.2 Å². The van der Waals surface area contributed by atoms with Gasteiger partial charge in [0.2, 0.25) is 0 Å². The molecule has 1 fully saturated rings. The van der Waals surface area contributed by atoms with E-state index in [2.05, 4.69) is 0 Å². The Morgan fingerprint density at radius 1 is 1.16 bits per heavy atom. The van der Waals surface area contributed by atoms with Crippen molar-refractivity contribution >= 4 is 15.9 Å². The maximum Gasteiger partial charge on any atom is 0.297 e. The van der Waals surface area contributed by atoms with Gasteiger partial charge in [-0.05, 0) is 51.2 Å². The van der Waals surface area contributed by atoms with Gasteiger partial charge in [-0.15, -0.1) is 0 Å². The van der Waals surface area contributed by atoms with Gasteiger partial charge in [-0.1, -0.05) is 24.6 Å². The first kappa shape index (κ1) is 31.8. The van der Waals surface area contributed by atoms with E-state index in [0.717, 1.165) is 12.0 Å². The average molecular weight is 547 g/mol. The summed E-state index contributed by atoms with van der Waals surface area (Å²) < 4.78 is 57.3. The highest BCUT2D eigenvalue weighted by Gasteiger charge is 2.41. The summed E-state index contributed by atoms with van der Waals surface area (Å²) in [7, 11) is -2.41. The monoisotopic (exact) mass is 546 g/mol. The number of carbonyl (C=O) groups excluding carboxylic acids is 1. The van der Waals surface area contributed by atoms with Crippen molar-refractivity contribution < 1.29 is 46.2 Å². The molecule has 1 aliphatic rings. The molecule has 1 N–H and O–H groups in total. The molecule has 1 aromatic carbocycles. The minimum absolute atomic E-state index is 0.0310. The highest BCUT2D eigenvalue weighted by Crippen LogP contribution is 2.29. The Kier molecular flexibility index (Phi) is 13.1. The third-order valence-corrected chi connectivity index (χ3v) is 7.53. The van der Waals surface area contributed by atoms with Crippen molar-refractivity contribution in [3.63, 3.8) is 0 Å². The highest BCUT2D eigenvalue weighted by molar-refractivity contribution is 7.86. The van der Waals surface area contributed by atoms with Gasteiger partial charge in [-0.3, -0.25) is 8.98 Å². The van der Waals surface area contributed by atoms with Gasteiger partial charge in [0.05, 0.1) is 37.9 Å². The molecule has 0 radical (unpaired) electrons. The Bertz CT molecular complexity index is 908. The summed E-state index contributed by atoms with van der Waals surface area (Å²) in [4.78, 5) is 12.9. The van der Waals surface area contributed by atoms with E-state index in [1.807, 2.05) is 13.8 Å². The van der Waals surface area contributed by atoms with Crippen LogP contribution in [0.4, 0.5) is 0 Å².